The molecule has 0 spiro atoms. The Hall–Kier alpha value is -1.31. The van der Waals surface area contributed by atoms with Crippen molar-refractivity contribution in [3.05, 3.63) is 36.2 Å². The van der Waals surface area contributed by atoms with Gasteiger partial charge in [-0.2, -0.15) is 0 Å². The number of rotatable bonds is 1. The van der Waals surface area contributed by atoms with E-state index in [9.17, 15) is 4.79 Å². The van der Waals surface area contributed by atoms with E-state index in [0.717, 1.165) is 17.8 Å². The number of amides is 1. The highest BCUT2D eigenvalue weighted by molar-refractivity contribution is 6.08. The van der Waals surface area contributed by atoms with Crippen LogP contribution in [0.2, 0.25) is 0 Å². The number of benzene rings is 1. The van der Waals surface area contributed by atoms with Gasteiger partial charge in [-0.3, -0.25) is 4.79 Å². The molecule has 1 radical (unpaired) electrons. The van der Waals surface area contributed by atoms with E-state index in [1.54, 1.807) is 11.3 Å². The molecule has 1 aromatic rings. The fourth-order valence-corrected chi connectivity index (χ4v) is 1.51. The molecule has 61 valence electrons. The first-order valence-electron chi connectivity index (χ1n) is 4.08. The van der Waals surface area contributed by atoms with E-state index in [1.807, 2.05) is 31.2 Å². The lowest BCUT2D eigenvalue weighted by Crippen LogP contribution is -2.25. The number of likely N-dealkylation sites (N-methyl/N-ethyl adjacent to an activating group) is 1. The molecule has 0 bridgehead atoms. The predicted molar refractivity (Wildman–Crippen MR) is 47.9 cm³/mol. The van der Waals surface area contributed by atoms with Crippen LogP contribution in [0.15, 0.2) is 24.3 Å². The van der Waals surface area contributed by atoms with Gasteiger partial charge in [-0.25, -0.2) is 0 Å². The van der Waals surface area contributed by atoms with Crippen molar-refractivity contribution in [2.45, 2.75) is 6.92 Å². The Balaban J connectivity index is 2.47. The average Bonchev–Trinajstić information content (AvgIpc) is 2.40. The van der Waals surface area contributed by atoms with Gasteiger partial charge in [0.05, 0.1) is 6.42 Å². The molecule has 0 saturated carbocycles. The van der Waals surface area contributed by atoms with Crippen molar-refractivity contribution in [2.75, 3.05) is 11.4 Å². The van der Waals surface area contributed by atoms with Crippen molar-refractivity contribution in [1.29, 1.82) is 0 Å². The third-order valence-corrected chi connectivity index (χ3v) is 2.09. The Morgan fingerprint density at radius 2 is 2.08 bits per heavy atom. The summed E-state index contributed by atoms with van der Waals surface area (Å²) in [6, 6.07) is 7.83. The van der Waals surface area contributed by atoms with Crippen LogP contribution in [0, 0.1) is 6.42 Å². The van der Waals surface area contributed by atoms with Gasteiger partial charge in [-0.15, -0.1) is 0 Å². The van der Waals surface area contributed by atoms with E-state index < -0.39 is 0 Å². The minimum absolute atomic E-state index is 0.0960. The SMILES string of the molecule is CCN1C(=O)[CH]c2ccccc21. The maximum atomic E-state index is 11.3. The molecule has 0 atom stereocenters. The molecule has 0 saturated heterocycles. The fourth-order valence-electron chi connectivity index (χ4n) is 1.51. The van der Waals surface area contributed by atoms with E-state index in [-0.39, 0.29) is 5.91 Å². The van der Waals surface area contributed by atoms with Gasteiger partial charge in [0, 0.05) is 12.2 Å². The van der Waals surface area contributed by atoms with Crippen molar-refractivity contribution < 1.29 is 4.79 Å². The van der Waals surface area contributed by atoms with Crippen molar-refractivity contribution >= 4 is 11.6 Å². The Labute approximate surface area is 71.8 Å². The summed E-state index contributed by atoms with van der Waals surface area (Å²) in [6.45, 7) is 2.72. The molecule has 0 aliphatic carbocycles. The molecule has 2 nitrogen and oxygen atoms in total. The van der Waals surface area contributed by atoms with Crippen LogP contribution < -0.4 is 4.90 Å². The number of para-hydroxylation sites is 1. The van der Waals surface area contributed by atoms with Crippen LogP contribution in [0.25, 0.3) is 0 Å². The smallest absolute Gasteiger partial charge is 0.235 e. The van der Waals surface area contributed by atoms with Crippen LogP contribution in [0.4, 0.5) is 5.69 Å². The summed E-state index contributed by atoms with van der Waals surface area (Å²) in [7, 11) is 0. The highest BCUT2D eigenvalue weighted by atomic mass is 16.2. The minimum Gasteiger partial charge on any atom is -0.312 e. The van der Waals surface area contributed by atoms with Crippen LogP contribution in [0.3, 0.4) is 0 Å². The molecule has 2 heteroatoms. The van der Waals surface area contributed by atoms with E-state index >= 15 is 0 Å². The standard InChI is InChI=1S/C10H10NO/c1-2-11-9-6-4-3-5-8(9)7-10(11)12/h3-7H,2H2,1H3. The lowest BCUT2D eigenvalue weighted by Gasteiger charge is -2.13. The average molecular weight is 160 g/mol. The van der Waals surface area contributed by atoms with Crippen molar-refractivity contribution in [3.8, 4) is 0 Å². The van der Waals surface area contributed by atoms with Crippen molar-refractivity contribution in [1.82, 2.24) is 0 Å². The number of hydrogen-bond acceptors (Lipinski definition) is 1. The van der Waals surface area contributed by atoms with Gasteiger partial charge in [-0.1, -0.05) is 18.2 Å². The normalized spacial score (nSPS) is 15.1. The number of fused-ring (bicyclic) bond motifs is 1. The highest BCUT2D eigenvalue weighted by Gasteiger charge is 2.25. The molecule has 0 unspecified atom stereocenters. The van der Waals surface area contributed by atoms with E-state index in [1.165, 1.54) is 0 Å². The molecular weight excluding hydrogens is 150 g/mol. The molecule has 1 aromatic carbocycles. The number of hydrogen-bond donors (Lipinski definition) is 0. The topological polar surface area (TPSA) is 20.3 Å². The van der Waals surface area contributed by atoms with Gasteiger partial charge in [0.15, 0.2) is 0 Å². The van der Waals surface area contributed by atoms with Crippen LogP contribution in [0.5, 0.6) is 0 Å². The third-order valence-electron chi connectivity index (χ3n) is 2.09. The van der Waals surface area contributed by atoms with Crippen LogP contribution in [-0.4, -0.2) is 12.5 Å². The van der Waals surface area contributed by atoms with Gasteiger partial charge in [0.2, 0.25) is 5.91 Å². The summed E-state index contributed by atoms with van der Waals surface area (Å²) in [5, 5.41) is 0. The number of nitrogens with zero attached hydrogens (tertiary/aromatic N) is 1. The Morgan fingerprint density at radius 1 is 1.33 bits per heavy atom. The van der Waals surface area contributed by atoms with Crippen LogP contribution in [-0.2, 0) is 4.79 Å². The summed E-state index contributed by atoms with van der Waals surface area (Å²) in [5.41, 5.74) is 2.06. The van der Waals surface area contributed by atoms with Gasteiger partial charge < -0.3 is 4.90 Å². The van der Waals surface area contributed by atoms with Gasteiger partial charge in [0.1, 0.15) is 0 Å². The van der Waals surface area contributed by atoms with Gasteiger partial charge in [-0.05, 0) is 18.6 Å². The first-order chi connectivity index (χ1) is 5.83. The molecule has 0 N–H and O–H groups in total. The fraction of sp³-hybridized carbons (Fsp3) is 0.200. The number of carbonyl (C=O) groups is 1. The second-order valence-electron chi connectivity index (χ2n) is 2.79. The molecule has 12 heavy (non-hydrogen) atoms. The highest BCUT2D eigenvalue weighted by Crippen LogP contribution is 2.28. The Morgan fingerprint density at radius 3 is 2.83 bits per heavy atom. The monoisotopic (exact) mass is 160 g/mol. The quantitative estimate of drug-likeness (QED) is 0.611. The summed E-state index contributed by atoms with van der Waals surface area (Å²) < 4.78 is 0. The van der Waals surface area contributed by atoms with E-state index in [0.29, 0.717) is 0 Å². The first-order valence-corrected chi connectivity index (χ1v) is 4.08. The molecule has 0 aromatic heterocycles. The lowest BCUT2D eigenvalue weighted by molar-refractivity contribution is -0.114. The summed E-state index contributed by atoms with van der Waals surface area (Å²) >= 11 is 0. The van der Waals surface area contributed by atoms with Crippen molar-refractivity contribution in [2.24, 2.45) is 0 Å². The minimum atomic E-state index is 0.0960. The Kier molecular flexibility index (Phi) is 1.61. The molecular formula is C10H10NO. The number of carbonyl (C=O) groups excluding carboxylic acids is 1. The van der Waals surface area contributed by atoms with Gasteiger partial charge in [0.25, 0.3) is 0 Å². The van der Waals surface area contributed by atoms with E-state index in [4.69, 9.17) is 0 Å². The maximum Gasteiger partial charge on any atom is 0.235 e. The maximum absolute atomic E-state index is 11.3. The summed E-state index contributed by atoms with van der Waals surface area (Å²) in [5.74, 6) is 0.0960. The summed E-state index contributed by atoms with van der Waals surface area (Å²) in [6.07, 6.45) is 1.68. The second kappa shape index (κ2) is 2.63. The first kappa shape index (κ1) is 7.35. The molecule has 1 aliphatic rings. The van der Waals surface area contributed by atoms with Crippen LogP contribution in [0.1, 0.15) is 12.5 Å². The zero-order valence-corrected chi connectivity index (χ0v) is 6.95. The molecule has 2 rings (SSSR count). The van der Waals surface area contributed by atoms with Crippen LogP contribution >= 0.6 is 0 Å². The molecule has 1 aliphatic heterocycles. The Bertz CT molecular complexity index is 319. The zero-order valence-electron chi connectivity index (χ0n) is 6.95. The second-order valence-corrected chi connectivity index (χ2v) is 2.79. The zero-order chi connectivity index (χ0) is 8.55. The lowest BCUT2D eigenvalue weighted by atomic mass is 10.2. The summed E-state index contributed by atoms with van der Waals surface area (Å²) in [4.78, 5) is 13.1. The van der Waals surface area contributed by atoms with Gasteiger partial charge >= 0.3 is 0 Å². The molecule has 1 heterocycles. The van der Waals surface area contributed by atoms with E-state index in [2.05, 4.69) is 0 Å². The largest absolute Gasteiger partial charge is 0.312 e. The predicted octanol–water partition coefficient (Wildman–Crippen LogP) is 1.61. The number of anilines is 1. The third kappa shape index (κ3) is 0.916. The van der Waals surface area contributed by atoms with Crippen molar-refractivity contribution in [3.63, 3.8) is 0 Å². The molecule has 1 amide bonds. The molecule has 0 fully saturated rings.